The summed E-state index contributed by atoms with van der Waals surface area (Å²) in [5, 5.41) is 10.8. The molecule has 0 spiro atoms. The Balaban J connectivity index is 1.06. The molecule has 454 valence electrons. The summed E-state index contributed by atoms with van der Waals surface area (Å²) in [5.41, 5.74) is 20.1. The number of benzene rings is 13. The molecule has 0 fully saturated rings. The van der Waals surface area contributed by atoms with Gasteiger partial charge >= 0.3 is 0 Å². The minimum Gasteiger partial charge on any atom is -0.311 e. The fourth-order valence-electron chi connectivity index (χ4n) is 16.2. The molecule has 0 saturated carbocycles. The smallest absolute Gasteiger partial charge is 0.252 e. The molecule has 0 amide bonds. The van der Waals surface area contributed by atoms with Crippen molar-refractivity contribution in [3.8, 4) is 33.6 Å². The van der Waals surface area contributed by atoms with Crippen molar-refractivity contribution in [1.82, 2.24) is 13.5 Å². The van der Waals surface area contributed by atoms with Gasteiger partial charge in [0.2, 0.25) is 0 Å². The van der Waals surface area contributed by atoms with Crippen molar-refractivity contribution in [2.45, 2.75) is 78.6 Å². The predicted molar refractivity (Wildman–Crippen MR) is 409 cm³/mol. The topological polar surface area (TPSA) is 17.5 Å². The van der Waals surface area contributed by atoms with Gasteiger partial charge in [-0.15, -0.1) is 0 Å². The average Bonchev–Trinajstić information content (AvgIpc) is 1.56. The van der Waals surface area contributed by atoms with Gasteiger partial charge in [-0.1, -0.05) is 262 Å². The summed E-state index contributed by atoms with van der Waals surface area (Å²) in [6, 6.07) is 77.4. The Bertz CT molecular complexity index is 6610. The van der Waals surface area contributed by atoms with Crippen molar-refractivity contribution in [1.29, 1.82) is 0 Å². The van der Waals surface area contributed by atoms with E-state index in [-0.39, 0.29) is 62.2 Å². The largest absolute Gasteiger partial charge is 0.311 e. The molecule has 19 rings (SSSR count). The molecule has 0 bridgehead atoms. The first-order valence-corrected chi connectivity index (χ1v) is 33.2. The van der Waals surface area contributed by atoms with Crippen molar-refractivity contribution in [3.05, 3.63) is 283 Å². The van der Waals surface area contributed by atoms with Crippen LogP contribution in [0.1, 0.15) is 90.0 Å². The minimum atomic E-state index is -0.526. The highest BCUT2D eigenvalue weighted by molar-refractivity contribution is 7.00. The Labute approximate surface area is 565 Å². The molecular weight excluding hydrogens is 1150 g/mol. The fraction of sp³-hybridized carbons (Fsp3) is 0.133. The summed E-state index contributed by atoms with van der Waals surface area (Å²) in [6.07, 6.45) is 0. The van der Waals surface area contributed by atoms with Crippen LogP contribution < -0.4 is 21.3 Å². The van der Waals surface area contributed by atoms with Gasteiger partial charge in [0, 0.05) is 71.4 Å². The minimum absolute atomic E-state index is 0.0342. The Morgan fingerprint density at radius 3 is 1.55 bits per heavy atom. The third-order valence-electron chi connectivity index (χ3n) is 20.8. The van der Waals surface area contributed by atoms with E-state index in [2.05, 4.69) is 295 Å². The first-order chi connectivity index (χ1) is 49.4. The molecule has 5 heteroatoms. The summed E-state index contributed by atoms with van der Waals surface area (Å²) in [7, 11) is 0. The molecule has 0 N–H and O–H groups in total. The van der Waals surface area contributed by atoms with Crippen LogP contribution in [0.15, 0.2) is 267 Å². The number of aromatic nitrogens is 3. The lowest BCUT2D eigenvalue weighted by Crippen LogP contribution is -2.60. The maximum absolute atomic E-state index is 9.86. The number of nitrogens with zero attached hydrogens (tertiary/aromatic N) is 4. The van der Waals surface area contributed by atoms with E-state index in [1.165, 1.54) is 11.1 Å². The van der Waals surface area contributed by atoms with Gasteiger partial charge in [0.15, 0.2) is 0 Å². The zero-order chi connectivity index (χ0) is 71.1. The average molecular weight is 1230 g/mol. The van der Waals surface area contributed by atoms with Crippen LogP contribution in [0, 0.1) is 0 Å². The Kier molecular flexibility index (Phi) is 10.0. The number of fused-ring (bicyclic) bond motifs is 21. The molecule has 2 aliphatic rings. The maximum atomic E-state index is 9.86. The maximum Gasteiger partial charge on any atom is 0.252 e. The molecule has 0 radical (unpaired) electrons. The molecule has 0 atom stereocenters. The van der Waals surface area contributed by atoms with Gasteiger partial charge in [0.1, 0.15) is 0 Å². The van der Waals surface area contributed by atoms with E-state index >= 15 is 0 Å². The summed E-state index contributed by atoms with van der Waals surface area (Å²) in [5.74, 6) is 0. The van der Waals surface area contributed by atoms with Gasteiger partial charge in [-0.25, -0.2) is 0 Å². The summed E-state index contributed by atoms with van der Waals surface area (Å²) in [6.45, 7) is 19.9. The molecule has 4 nitrogen and oxygen atoms in total. The molecular formula is C90H71BN4. The van der Waals surface area contributed by atoms with E-state index in [0.29, 0.717) is 5.69 Å². The fourth-order valence-corrected chi connectivity index (χ4v) is 16.2. The van der Waals surface area contributed by atoms with E-state index in [4.69, 9.17) is 2.74 Å². The lowest BCUT2D eigenvalue weighted by molar-refractivity contribution is 0.569. The summed E-state index contributed by atoms with van der Waals surface area (Å²) < 4.78 is 82.3. The van der Waals surface area contributed by atoms with Crippen molar-refractivity contribution < 1.29 is 11.0 Å². The molecule has 0 saturated heterocycles. The monoisotopic (exact) mass is 1230 g/mol. The molecule has 6 heterocycles. The molecule has 0 aliphatic carbocycles. The number of para-hydroxylation sites is 4. The number of rotatable bonds is 4. The SMILES string of the molecule is [2H]c1c([2H])c([2H])c2c(c1[2H])c1c([2H])c([2H])c([2H])c([2H])c1n2-c1cc2c3c(c1)c1cc(C(C)(C)C)ccc1n3-c1cc3c(c4c1B2c1ccc(-c2cc(C(C)(C)C)cc(C(C)(C)C)c2)cc1N4c1ccc(-c2ccccc2)cc1)c1cccc2c4ccccc4c4ccccc4c4ccccc4n3c21. The highest BCUT2D eigenvalue weighted by Gasteiger charge is 2.45. The second-order valence-corrected chi connectivity index (χ2v) is 29.5. The standard InChI is InChI=1S/C90H71BN4/c1-88(2,3)58-41-45-79-72(50-58)73-51-62(92-76-35-20-18-31-68(76)69-32-19-21-36-77(69)92)52-75-86(73)95(79)82-53-81-83(71-34-23-33-70-66-29-16-14-27-64(66)63-26-13-15-28-65(63)67-30-17-22-37-78(67)94(81)85(70)71)87-84(82)91(75)74-44-40-56(57-46-59(89(4,5)6)49-60(47-57)90(7,8)9)48-80(74)93(87)61-42-38-55(39-43-61)54-24-11-10-12-25-54/h10-53H,1-9H3/i18D,19D,20D,21D,31D,32D,35D,36D. The molecule has 17 aromatic rings. The van der Waals surface area contributed by atoms with E-state index in [1.54, 1.807) is 4.57 Å². The van der Waals surface area contributed by atoms with Crippen molar-refractivity contribution in [2.75, 3.05) is 4.90 Å². The van der Waals surface area contributed by atoms with E-state index in [1.807, 2.05) is 0 Å². The zero-order valence-corrected chi connectivity index (χ0v) is 54.7. The number of hydrogen-bond donors (Lipinski definition) is 0. The first kappa shape index (κ1) is 47.9. The van der Waals surface area contributed by atoms with Crippen LogP contribution in [0.2, 0.25) is 0 Å². The number of anilines is 3. The van der Waals surface area contributed by atoms with Gasteiger partial charge in [-0.2, -0.15) is 0 Å². The second-order valence-electron chi connectivity index (χ2n) is 29.5. The van der Waals surface area contributed by atoms with Gasteiger partial charge in [-0.05, 0) is 160 Å². The zero-order valence-electron chi connectivity index (χ0n) is 62.7. The van der Waals surface area contributed by atoms with Crippen molar-refractivity contribution in [3.63, 3.8) is 0 Å². The van der Waals surface area contributed by atoms with E-state index in [0.717, 1.165) is 148 Å². The third kappa shape index (κ3) is 8.08. The molecule has 4 aromatic heterocycles. The first-order valence-electron chi connectivity index (χ1n) is 37.2. The van der Waals surface area contributed by atoms with Gasteiger partial charge in [-0.3, -0.25) is 0 Å². The Morgan fingerprint density at radius 1 is 0.316 bits per heavy atom. The third-order valence-corrected chi connectivity index (χ3v) is 20.8. The molecule has 2 aliphatic heterocycles. The van der Waals surface area contributed by atoms with Crippen molar-refractivity contribution >= 4 is 143 Å². The van der Waals surface area contributed by atoms with Crippen LogP contribution in [0.4, 0.5) is 17.1 Å². The lowest BCUT2D eigenvalue weighted by Gasteiger charge is -2.41. The van der Waals surface area contributed by atoms with Crippen LogP contribution in [-0.4, -0.2) is 20.2 Å². The molecule has 95 heavy (non-hydrogen) atoms. The molecule has 13 aromatic carbocycles. The summed E-state index contributed by atoms with van der Waals surface area (Å²) >= 11 is 0. The van der Waals surface area contributed by atoms with Crippen LogP contribution in [-0.2, 0) is 16.2 Å². The molecule has 0 unspecified atom stereocenters. The van der Waals surface area contributed by atoms with Crippen LogP contribution in [0.5, 0.6) is 0 Å². The number of hydrogen-bond acceptors (Lipinski definition) is 1. The van der Waals surface area contributed by atoms with Crippen LogP contribution >= 0.6 is 0 Å². The second kappa shape index (κ2) is 19.8. The quantitative estimate of drug-likeness (QED) is 0.161. The lowest BCUT2D eigenvalue weighted by atomic mass is 9.33. The highest BCUT2D eigenvalue weighted by Crippen LogP contribution is 2.51. The predicted octanol–water partition coefficient (Wildman–Crippen LogP) is 22.3. The van der Waals surface area contributed by atoms with Gasteiger partial charge in [0.05, 0.1) is 49.8 Å². The Morgan fingerprint density at radius 2 is 0.884 bits per heavy atom. The van der Waals surface area contributed by atoms with Gasteiger partial charge in [0.25, 0.3) is 6.71 Å². The Hall–Kier alpha value is -10.9. The summed E-state index contributed by atoms with van der Waals surface area (Å²) in [4.78, 5) is 2.55. The van der Waals surface area contributed by atoms with E-state index in [9.17, 15) is 8.22 Å². The van der Waals surface area contributed by atoms with Gasteiger partial charge < -0.3 is 18.4 Å². The highest BCUT2D eigenvalue weighted by atomic mass is 15.2. The van der Waals surface area contributed by atoms with Crippen LogP contribution in [0.3, 0.4) is 0 Å². The van der Waals surface area contributed by atoms with E-state index < -0.39 is 30.9 Å². The van der Waals surface area contributed by atoms with Crippen molar-refractivity contribution in [2.24, 2.45) is 0 Å². The van der Waals surface area contributed by atoms with Crippen LogP contribution in [0.25, 0.3) is 137 Å². The normalized spacial score (nSPS) is 14.5.